The molecule has 3 N–H and O–H groups in total. The maximum Gasteiger partial charge on any atom is 0.117 e. The maximum atomic E-state index is 9.38. The van der Waals surface area contributed by atoms with E-state index in [9.17, 15) is 5.11 Å². The van der Waals surface area contributed by atoms with Crippen LogP contribution in [0.5, 0.6) is 5.75 Å². The molecule has 14 heavy (non-hydrogen) atoms. The van der Waals surface area contributed by atoms with E-state index >= 15 is 0 Å². The first-order valence-electron chi connectivity index (χ1n) is 5.13. The first kappa shape index (κ1) is 7.97. The molecule has 1 spiro atoms. The molecular formula is C11H14N2O. The molecule has 1 aromatic carbocycles. The summed E-state index contributed by atoms with van der Waals surface area (Å²) in [5.41, 5.74) is 2.40. The summed E-state index contributed by atoms with van der Waals surface area (Å²) in [5, 5.41) is 16.3. The fraction of sp³-hybridized carbons (Fsp3) is 0.455. The number of phenolic OH excluding ortho intramolecular Hbond substituents is 1. The molecule has 1 aromatic rings. The quantitative estimate of drug-likeness (QED) is 0.549. The molecular weight excluding hydrogens is 176 g/mol. The van der Waals surface area contributed by atoms with Crippen LogP contribution in [0, 0.1) is 0 Å². The van der Waals surface area contributed by atoms with Crippen molar-refractivity contribution in [2.24, 2.45) is 0 Å². The highest BCUT2D eigenvalue weighted by Gasteiger charge is 2.39. The first-order chi connectivity index (χ1) is 6.77. The van der Waals surface area contributed by atoms with Crippen LogP contribution in [0.2, 0.25) is 0 Å². The normalized spacial score (nSPS) is 21.7. The van der Waals surface area contributed by atoms with E-state index < -0.39 is 0 Å². The van der Waals surface area contributed by atoms with E-state index in [1.165, 1.54) is 19.3 Å². The zero-order chi connectivity index (χ0) is 9.60. The highest BCUT2D eigenvalue weighted by molar-refractivity contribution is 5.74. The van der Waals surface area contributed by atoms with Crippen molar-refractivity contribution < 1.29 is 5.11 Å². The maximum absolute atomic E-state index is 9.38. The standard InChI is InChI=1S/C11H14N2O/c14-8-2-3-9-10(6-8)13-11(7-12-9)4-1-5-11/h2-3,6,12-14H,1,4-5,7H2. The second kappa shape index (κ2) is 2.56. The molecule has 1 heterocycles. The van der Waals surface area contributed by atoms with Crippen LogP contribution in [0.15, 0.2) is 18.2 Å². The SMILES string of the molecule is Oc1ccc2c(c1)NC1(CCC1)CN2. The van der Waals surface area contributed by atoms with Gasteiger partial charge in [0.15, 0.2) is 0 Å². The Morgan fingerprint density at radius 3 is 2.79 bits per heavy atom. The Hall–Kier alpha value is -1.38. The summed E-state index contributed by atoms with van der Waals surface area (Å²) in [6, 6.07) is 5.43. The third-order valence-electron chi connectivity index (χ3n) is 3.33. The molecule has 0 unspecified atom stereocenters. The number of rotatable bonds is 0. The van der Waals surface area contributed by atoms with Gasteiger partial charge in [-0.1, -0.05) is 0 Å². The Morgan fingerprint density at radius 1 is 1.21 bits per heavy atom. The summed E-state index contributed by atoms with van der Waals surface area (Å²) in [6.07, 6.45) is 3.77. The van der Waals surface area contributed by atoms with Crippen molar-refractivity contribution in [2.45, 2.75) is 24.8 Å². The third kappa shape index (κ3) is 1.05. The van der Waals surface area contributed by atoms with E-state index in [2.05, 4.69) is 10.6 Å². The van der Waals surface area contributed by atoms with Crippen molar-refractivity contribution in [1.82, 2.24) is 0 Å². The summed E-state index contributed by atoms with van der Waals surface area (Å²) in [6.45, 7) is 1.00. The summed E-state index contributed by atoms with van der Waals surface area (Å²) >= 11 is 0. The smallest absolute Gasteiger partial charge is 0.117 e. The predicted octanol–water partition coefficient (Wildman–Crippen LogP) is 2.15. The lowest BCUT2D eigenvalue weighted by Crippen LogP contribution is -2.52. The van der Waals surface area contributed by atoms with Crippen molar-refractivity contribution in [1.29, 1.82) is 0 Å². The van der Waals surface area contributed by atoms with Gasteiger partial charge in [0, 0.05) is 12.6 Å². The minimum absolute atomic E-state index is 0.265. The van der Waals surface area contributed by atoms with Gasteiger partial charge in [0.25, 0.3) is 0 Å². The van der Waals surface area contributed by atoms with Gasteiger partial charge in [-0.25, -0.2) is 0 Å². The number of hydrogen-bond donors (Lipinski definition) is 3. The molecule has 0 amide bonds. The number of nitrogens with one attached hydrogen (secondary N) is 2. The van der Waals surface area contributed by atoms with Crippen LogP contribution in [0.25, 0.3) is 0 Å². The number of fused-ring (bicyclic) bond motifs is 1. The van der Waals surface area contributed by atoms with Crippen LogP contribution in [0.1, 0.15) is 19.3 Å². The van der Waals surface area contributed by atoms with Crippen molar-refractivity contribution in [2.75, 3.05) is 17.2 Å². The predicted molar refractivity (Wildman–Crippen MR) is 56.8 cm³/mol. The summed E-state index contributed by atoms with van der Waals surface area (Å²) in [7, 11) is 0. The van der Waals surface area contributed by atoms with Crippen LogP contribution >= 0.6 is 0 Å². The molecule has 3 nitrogen and oxygen atoms in total. The van der Waals surface area contributed by atoms with E-state index in [-0.39, 0.29) is 5.54 Å². The minimum Gasteiger partial charge on any atom is -0.508 e. The van der Waals surface area contributed by atoms with Gasteiger partial charge in [-0.2, -0.15) is 0 Å². The van der Waals surface area contributed by atoms with Crippen molar-refractivity contribution in [3.05, 3.63) is 18.2 Å². The molecule has 0 atom stereocenters. The van der Waals surface area contributed by atoms with E-state index in [4.69, 9.17) is 0 Å². The van der Waals surface area contributed by atoms with Gasteiger partial charge < -0.3 is 15.7 Å². The van der Waals surface area contributed by atoms with Crippen LogP contribution in [-0.2, 0) is 0 Å². The molecule has 0 bridgehead atoms. The molecule has 1 aliphatic carbocycles. The highest BCUT2D eigenvalue weighted by Crippen LogP contribution is 2.41. The van der Waals surface area contributed by atoms with E-state index in [1.54, 1.807) is 12.1 Å². The molecule has 1 fully saturated rings. The monoisotopic (exact) mass is 190 g/mol. The molecule has 0 aromatic heterocycles. The lowest BCUT2D eigenvalue weighted by molar-refractivity contribution is 0.291. The largest absolute Gasteiger partial charge is 0.508 e. The van der Waals surface area contributed by atoms with Crippen LogP contribution < -0.4 is 10.6 Å². The zero-order valence-corrected chi connectivity index (χ0v) is 8.01. The number of aromatic hydroxyl groups is 1. The minimum atomic E-state index is 0.265. The lowest BCUT2D eigenvalue weighted by atomic mass is 9.75. The van der Waals surface area contributed by atoms with Crippen molar-refractivity contribution in [3.8, 4) is 5.75 Å². The van der Waals surface area contributed by atoms with Gasteiger partial charge in [0.05, 0.1) is 16.9 Å². The molecule has 0 saturated heterocycles. The molecule has 2 aliphatic rings. The van der Waals surface area contributed by atoms with Gasteiger partial charge in [-0.3, -0.25) is 0 Å². The summed E-state index contributed by atoms with van der Waals surface area (Å²) in [5.74, 6) is 0.328. The highest BCUT2D eigenvalue weighted by atomic mass is 16.3. The van der Waals surface area contributed by atoms with Crippen LogP contribution in [0.3, 0.4) is 0 Å². The Labute approximate surface area is 83.1 Å². The second-order valence-electron chi connectivity index (χ2n) is 4.34. The van der Waals surface area contributed by atoms with Gasteiger partial charge >= 0.3 is 0 Å². The topological polar surface area (TPSA) is 44.3 Å². The van der Waals surface area contributed by atoms with E-state index in [0.717, 1.165) is 17.9 Å². The fourth-order valence-electron chi connectivity index (χ4n) is 2.29. The van der Waals surface area contributed by atoms with Crippen LogP contribution in [0.4, 0.5) is 11.4 Å². The van der Waals surface area contributed by atoms with E-state index in [1.807, 2.05) is 6.07 Å². The third-order valence-corrected chi connectivity index (χ3v) is 3.33. The summed E-state index contributed by atoms with van der Waals surface area (Å²) in [4.78, 5) is 0. The second-order valence-corrected chi connectivity index (χ2v) is 4.34. The number of phenols is 1. The van der Waals surface area contributed by atoms with Crippen molar-refractivity contribution in [3.63, 3.8) is 0 Å². The Bertz CT molecular complexity index is 372. The van der Waals surface area contributed by atoms with Crippen LogP contribution in [-0.4, -0.2) is 17.2 Å². The molecule has 3 heteroatoms. The van der Waals surface area contributed by atoms with E-state index in [0.29, 0.717) is 5.75 Å². The molecule has 0 radical (unpaired) electrons. The van der Waals surface area contributed by atoms with Gasteiger partial charge in [-0.15, -0.1) is 0 Å². The number of anilines is 2. The molecule has 1 saturated carbocycles. The van der Waals surface area contributed by atoms with Gasteiger partial charge in [0.2, 0.25) is 0 Å². The molecule has 1 aliphatic heterocycles. The Morgan fingerprint density at radius 2 is 2.07 bits per heavy atom. The molecule has 3 rings (SSSR count). The molecule has 74 valence electrons. The lowest BCUT2D eigenvalue weighted by Gasteiger charge is -2.47. The summed E-state index contributed by atoms with van der Waals surface area (Å²) < 4.78 is 0. The average molecular weight is 190 g/mol. The van der Waals surface area contributed by atoms with Gasteiger partial charge in [0.1, 0.15) is 5.75 Å². The zero-order valence-electron chi connectivity index (χ0n) is 8.01. The number of hydrogen-bond acceptors (Lipinski definition) is 3. The Balaban J connectivity index is 1.96. The van der Waals surface area contributed by atoms with Gasteiger partial charge in [-0.05, 0) is 31.4 Å². The first-order valence-corrected chi connectivity index (χ1v) is 5.13. The van der Waals surface area contributed by atoms with Crippen molar-refractivity contribution >= 4 is 11.4 Å². The average Bonchev–Trinajstić information content (AvgIpc) is 2.14. The number of benzene rings is 1. The Kier molecular flexibility index (Phi) is 1.46. The fourth-order valence-corrected chi connectivity index (χ4v) is 2.29.